The van der Waals surface area contributed by atoms with Gasteiger partial charge in [-0.15, -0.1) is 0 Å². The number of carboxylic acids is 1. The first-order valence-corrected chi connectivity index (χ1v) is 5.91. The summed E-state index contributed by atoms with van der Waals surface area (Å²) >= 11 is 0. The van der Waals surface area contributed by atoms with Gasteiger partial charge < -0.3 is 5.11 Å². The standard InChI is InChI=1S/C14H14N2O3/c1-9(2)10-3-4-12-11(7-10)14(19)16(8-15-12)6-5-13(17)18/h3-9H,1-2H3,(H,17,18)/b6-5+. The van der Waals surface area contributed by atoms with Crippen molar-refractivity contribution in [3.63, 3.8) is 0 Å². The number of rotatable bonds is 3. The van der Waals surface area contributed by atoms with Crippen molar-refractivity contribution in [2.75, 3.05) is 0 Å². The molecule has 0 fully saturated rings. The van der Waals surface area contributed by atoms with Crippen LogP contribution in [0.3, 0.4) is 0 Å². The quantitative estimate of drug-likeness (QED) is 0.855. The normalized spacial score (nSPS) is 11.5. The lowest BCUT2D eigenvalue weighted by molar-refractivity contribution is -0.131. The zero-order valence-corrected chi connectivity index (χ0v) is 10.7. The largest absolute Gasteiger partial charge is 0.478 e. The van der Waals surface area contributed by atoms with Crippen LogP contribution < -0.4 is 5.56 Å². The summed E-state index contributed by atoms with van der Waals surface area (Å²) in [6.45, 7) is 4.08. The molecule has 1 aromatic heterocycles. The number of hydrogen-bond donors (Lipinski definition) is 1. The van der Waals surface area contributed by atoms with Gasteiger partial charge >= 0.3 is 5.97 Å². The van der Waals surface area contributed by atoms with E-state index in [9.17, 15) is 9.59 Å². The second-order valence-corrected chi connectivity index (χ2v) is 4.54. The van der Waals surface area contributed by atoms with Gasteiger partial charge in [-0.1, -0.05) is 19.9 Å². The van der Waals surface area contributed by atoms with Crippen LogP contribution in [-0.4, -0.2) is 20.6 Å². The Kier molecular flexibility index (Phi) is 3.46. The van der Waals surface area contributed by atoms with Crippen LogP contribution in [0.25, 0.3) is 17.1 Å². The molecule has 5 nitrogen and oxygen atoms in total. The molecule has 0 unspecified atom stereocenters. The van der Waals surface area contributed by atoms with Crippen LogP contribution in [0.1, 0.15) is 25.3 Å². The van der Waals surface area contributed by atoms with Crippen LogP contribution in [0.4, 0.5) is 0 Å². The number of benzene rings is 1. The molecular weight excluding hydrogens is 244 g/mol. The number of nitrogens with zero attached hydrogens (tertiary/aromatic N) is 2. The van der Waals surface area contributed by atoms with E-state index in [2.05, 4.69) is 4.98 Å². The maximum absolute atomic E-state index is 12.2. The molecule has 1 aromatic carbocycles. The molecule has 19 heavy (non-hydrogen) atoms. The Morgan fingerprint density at radius 2 is 2.16 bits per heavy atom. The van der Waals surface area contributed by atoms with Gasteiger partial charge in [0.2, 0.25) is 0 Å². The number of hydrogen-bond acceptors (Lipinski definition) is 3. The minimum absolute atomic E-state index is 0.273. The van der Waals surface area contributed by atoms with E-state index in [4.69, 9.17) is 5.11 Å². The Balaban J connectivity index is 2.62. The van der Waals surface area contributed by atoms with E-state index < -0.39 is 5.97 Å². The third-order valence-electron chi connectivity index (χ3n) is 2.85. The average Bonchev–Trinajstić information content (AvgIpc) is 2.37. The molecule has 0 amide bonds. The molecule has 0 atom stereocenters. The fourth-order valence-corrected chi connectivity index (χ4v) is 1.76. The molecule has 1 heterocycles. The Morgan fingerprint density at radius 1 is 1.42 bits per heavy atom. The minimum atomic E-state index is -1.11. The van der Waals surface area contributed by atoms with Crippen LogP contribution in [0, 0.1) is 0 Å². The SMILES string of the molecule is CC(C)c1ccc2ncn(/C=C/C(=O)O)c(=O)c2c1. The summed E-state index contributed by atoms with van der Waals surface area (Å²) in [6.07, 6.45) is 3.42. The fraction of sp³-hybridized carbons (Fsp3) is 0.214. The van der Waals surface area contributed by atoms with Crippen molar-refractivity contribution in [1.82, 2.24) is 9.55 Å². The molecule has 0 saturated carbocycles. The van der Waals surface area contributed by atoms with E-state index in [0.717, 1.165) is 11.6 Å². The van der Waals surface area contributed by atoms with Gasteiger partial charge in [-0.05, 0) is 23.6 Å². The van der Waals surface area contributed by atoms with Crippen LogP contribution in [0.2, 0.25) is 0 Å². The van der Waals surface area contributed by atoms with Crippen molar-refractivity contribution < 1.29 is 9.90 Å². The highest BCUT2D eigenvalue weighted by atomic mass is 16.4. The van der Waals surface area contributed by atoms with E-state index in [1.807, 2.05) is 19.9 Å². The van der Waals surface area contributed by atoms with Gasteiger partial charge in [0, 0.05) is 12.3 Å². The highest BCUT2D eigenvalue weighted by molar-refractivity contribution is 5.83. The Morgan fingerprint density at radius 3 is 2.79 bits per heavy atom. The van der Waals surface area contributed by atoms with E-state index in [1.165, 1.54) is 17.1 Å². The first-order valence-electron chi connectivity index (χ1n) is 5.91. The van der Waals surface area contributed by atoms with Crippen molar-refractivity contribution in [2.24, 2.45) is 0 Å². The lowest BCUT2D eigenvalue weighted by atomic mass is 10.0. The van der Waals surface area contributed by atoms with Crippen LogP contribution >= 0.6 is 0 Å². The molecule has 1 N–H and O–H groups in total. The van der Waals surface area contributed by atoms with Crippen LogP contribution in [0.15, 0.2) is 35.4 Å². The summed E-state index contributed by atoms with van der Waals surface area (Å²) in [4.78, 5) is 26.8. The molecule has 98 valence electrons. The number of carbonyl (C=O) groups is 1. The molecule has 2 aromatic rings. The minimum Gasteiger partial charge on any atom is -0.478 e. The number of carboxylic acid groups (broad SMARTS) is 1. The fourth-order valence-electron chi connectivity index (χ4n) is 1.76. The molecule has 0 radical (unpaired) electrons. The zero-order valence-electron chi connectivity index (χ0n) is 10.7. The lowest BCUT2D eigenvalue weighted by Gasteiger charge is -2.07. The van der Waals surface area contributed by atoms with Gasteiger partial charge in [-0.25, -0.2) is 9.78 Å². The van der Waals surface area contributed by atoms with Crippen molar-refractivity contribution >= 4 is 23.1 Å². The van der Waals surface area contributed by atoms with Crippen LogP contribution in [-0.2, 0) is 4.79 Å². The third kappa shape index (κ3) is 2.70. The van der Waals surface area contributed by atoms with Gasteiger partial charge in [-0.3, -0.25) is 9.36 Å². The second-order valence-electron chi connectivity index (χ2n) is 4.54. The topological polar surface area (TPSA) is 72.2 Å². The molecule has 5 heteroatoms. The van der Waals surface area contributed by atoms with E-state index >= 15 is 0 Å². The monoisotopic (exact) mass is 258 g/mol. The summed E-state index contributed by atoms with van der Waals surface area (Å²) in [7, 11) is 0. The maximum atomic E-state index is 12.2. The van der Waals surface area contributed by atoms with Gasteiger partial charge in [0.05, 0.1) is 10.9 Å². The number of fused-ring (bicyclic) bond motifs is 1. The summed E-state index contributed by atoms with van der Waals surface area (Å²) in [5.41, 5.74) is 1.38. The predicted octanol–water partition coefficient (Wildman–Crippen LogP) is 2.08. The Labute approximate surface area is 109 Å². The molecule has 0 spiro atoms. The van der Waals surface area contributed by atoms with Gasteiger partial charge in [0.15, 0.2) is 0 Å². The number of aliphatic carboxylic acids is 1. The molecule has 0 aliphatic heterocycles. The highest BCUT2D eigenvalue weighted by Crippen LogP contribution is 2.17. The zero-order chi connectivity index (χ0) is 14.0. The second kappa shape index (κ2) is 5.06. The van der Waals surface area contributed by atoms with Crippen molar-refractivity contribution in [3.8, 4) is 0 Å². The maximum Gasteiger partial charge on any atom is 0.329 e. The van der Waals surface area contributed by atoms with E-state index in [0.29, 0.717) is 16.8 Å². The first-order chi connectivity index (χ1) is 8.99. The summed E-state index contributed by atoms with van der Waals surface area (Å²) in [5, 5.41) is 9.06. The molecular formula is C14H14N2O3. The highest BCUT2D eigenvalue weighted by Gasteiger charge is 2.06. The van der Waals surface area contributed by atoms with Crippen molar-refractivity contribution in [1.29, 1.82) is 0 Å². The molecule has 0 bridgehead atoms. The summed E-state index contributed by atoms with van der Waals surface area (Å²) in [6, 6.07) is 5.55. The smallest absolute Gasteiger partial charge is 0.329 e. The van der Waals surface area contributed by atoms with E-state index in [-0.39, 0.29) is 5.56 Å². The van der Waals surface area contributed by atoms with Gasteiger partial charge in [0.25, 0.3) is 5.56 Å². The van der Waals surface area contributed by atoms with Gasteiger partial charge in [-0.2, -0.15) is 0 Å². The lowest BCUT2D eigenvalue weighted by Crippen LogP contribution is -2.16. The molecule has 0 aliphatic carbocycles. The Hall–Kier alpha value is -2.43. The Bertz CT molecular complexity index is 714. The predicted molar refractivity (Wildman–Crippen MR) is 73.1 cm³/mol. The molecule has 0 aliphatic rings. The summed E-state index contributed by atoms with van der Waals surface area (Å²) in [5.74, 6) is -0.796. The molecule has 0 saturated heterocycles. The van der Waals surface area contributed by atoms with Crippen molar-refractivity contribution in [3.05, 3.63) is 46.5 Å². The number of aromatic nitrogens is 2. The molecule has 2 rings (SSSR count). The van der Waals surface area contributed by atoms with E-state index in [1.54, 1.807) is 12.1 Å². The average molecular weight is 258 g/mol. The summed E-state index contributed by atoms with van der Waals surface area (Å²) < 4.78 is 1.17. The first kappa shape index (κ1) is 13.0. The van der Waals surface area contributed by atoms with Crippen LogP contribution in [0.5, 0.6) is 0 Å². The van der Waals surface area contributed by atoms with Gasteiger partial charge in [0.1, 0.15) is 6.33 Å². The van der Waals surface area contributed by atoms with Crippen molar-refractivity contribution in [2.45, 2.75) is 19.8 Å². The third-order valence-corrected chi connectivity index (χ3v) is 2.85.